The van der Waals surface area contributed by atoms with Crippen molar-refractivity contribution >= 4 is 0 Å². The van der Waals surface area contributed by atoms with Gasteiger partial charge in [0.1, 0.15) is 11.6 Å². The van der Waals surface area contributed by atoms with E-state index in [1.807, 2.05) is 6.20 Å². The highest BCUT2D eigenvalue weighted by atomic mass is 19.3. The Kier molecular flexibility index (Phi) is 5.42. The largest absolute Gasteiger partial charge is 0.435 e. The zero-order valence-electron chi connectivity index (χ0n) is 13.2. The molecule has 1 aromatic heterocycles. The lowest BCUT2D eigenvalue weighted by Gasteiger charge is -2.33. The van der Waals surface area contributed by atoms with Gasteiger partial charge in [-0.1, -0.05) is 12.1 Å². The summed E-state index contributed by atoms with van der Waals surface area (Å²) in [5.41, 5.74) is 0.691. The van der Waals surface area contributed by atoms with Crippen LogP contribution in [0.15, 0.2) is 36.7 Å². The second-order valence-corrected chi connectivity index (χ2v) is 6.04. The van der Waals surface area contributed by atoms with Gasteiger partial charge in [0.15, 0.2) is 0 Å². The van der Waals surface area contributed by atoms with Crippen LogP contribution in [-0.2, 0) is 0 Å². The molecule has 0 spiro atoms. The number of aliphatic hydroxyl groups excluding tert-OH is 1. The summed E-state index contributed by atoms with van der Waals surface area (Å²) in [5.74, 6) is 1.43. The number of H-pyrrole nitrogens is 1. The summed E-state index contributed by atoms with van der Waals surface area (Å²) in [7, 11) is 0. The SMILES string of the molecule is OC(CN1CCCC(c2ncc[nH]2)C1)c1ccc(OC(F)F)cc1. The van der Waals surface area contributed by atoms with E-state index < -0.39 is 12.7 Å². The third-order valence-corrected chi connectivity index (χ3v) is 4.33. The lowest BCUT2D eigenvalue weighted by atomic mass is 9.96. The number of hydrogen-bond acceptors (Lipinski definition) is 4. The van der Waals surface area contributed by atoms with E-state index in [1.165, 1.54) is 12.1 Å². The van der Waals surface area contributed by atoms with Crippen LogP contribution in [0.5, 0.6) is 5.75 Å². The molecule has 2 N–H and O–H groups in total. The fourth-order valence-electron chi connectivity index (χ4n) is 3.17. The highest BCUT2D eigenvalue weighted by molar-refractivity contribution is 5.28. The lowest BCUT2D eigenvalue weighted by Crippen LogP contribution is -2.37. The number of aromatic nitrogens is 2. The Labute approximate surface area is 139 Å². The minimum absolute atomic E-state index is 0.0943. The van der Waals surface area contributed by atoms with Gasteiger partial charge in [0.05, 0.1) is 6.10 Å². The summed E-state index contributed by atoms with van der Waals surface area (Å²) in [6.45, 7) is -0.558. The van der Waals surface area contributed by atoms with E-state index in [0.29, 0.717) is 18.0 Å². The van der Waals surface area contributed by atoms with Crippen LogP contribution in [-0.4, -0.2) is 46.2 Å². The molecule has 130 valence electrons. The van der Waals surface area contributed by atoms with E-state index in [1.54, 1.807) is 18.3 Å². The van der Waals surface area contributed by atoms with Gasteiger partial charge in [0.25, 0.3) is 0 Å². The van der Waals surface area contributed by atoms with Gasteiger partial charge < -0.3 is 14.8 Å². The Morgan fingerprint density at radius 2 is 2.12 bits per heavy atom. The normalized spacial score (nSPS) is 20.2. The number of benzene rings is 1. The zero-order chi connectivity index (χ0) is 16.9. The van der Waals surface area contributed by atoms with Crippen LogP contribution >= 0.6 is 0 Å². The summed E-state index contributed by atoms with van der Waals surface area (Å²) in [6, 6.07) is 6.14. The molecule has 0 amide bonds. The molecule has 0 aliphatic carbocycles. The third kappa shape index (κ3) is 4.30. The number of rotatable bonds is 6. The van der Waals surface area contributed by atoms with Gasteiger partial charge in [-0.3, -0.25) is 4.90 Å². The Morgan fingerprint density at radius 1 is 1.33 bits per heavy atom. The number of likely N-dealkylation sites (tertiary alicyclic amines) is 1. The van der Waals surface area contributed by atoms with Crippen LogP contribution in [0.3, 0.4) is 0 Å². The number of ether oxygens (including phenoxy) is 1. The summed E-state index contributed by atoms with van der Waals surface area (Å²) < 4.78 is 28.6. The highest BCUT2D eigenvalue weighted by Crippen LogP contribution is 2.26. The van der Waals surface area contributed by atoms with Crippen molar-refractivity contribution in [2.75, 3.05) is 19.6 Å². The van der Waals surface area contributed by atoms with Crippen molar-refractivity contribution in [2.45, 2.75) is 31.5 Å². The van der Waals surface area contributed by atoms with Crippen molar-refractivity contribution in [3.8, 4) is 5.75 Å². The third-order valence-electron chi connectivity index (χ3n) is 4.33. The van der Waals surface area contributed by atoms with Crippen molar-refractivity contribution in [1.82, 2.24) is 14.9 Å². The van der Waals surface area contributed by atoms with E-state index in [9.17, 15) is 13.9 Å². The van der Waals surface area contributed by atoms with Gasteiger partial charge >= 0.3 is 6.61 Å². The van der Waals surface area contributed by atoms with Gasteiger partial charge in [-0.25, -0.2) is 4.98 Å². The van der Waals surface area contributed by atoms with Crippen molar-refractivity contribution in [1.29, 1.82) is 0 Å². The number of nitrogens with zero attached hydrogens (tertiary/aromatic N) is 2. The molecule has 2 heterocycles. The number of hydrogen-bond donors (Lipinski definition) is 2. The molecule has 1 fully saturated rings. The molecule has 1 aliphatic heterocycles. The number of aromatic amines is 1. The van der Waals surface area contributed by atoms with Crippen LogP contribution in [0.2, 0.25) is 0 Å². The van der Waals surface area contributed by atoms with Crippen LogP contribution in [0.4, 0.5) is 8.78 Å². The molecule has 2 atom stereocenters. The molecule has 1 saturated heterocycles. The molecule has 2 aromatic rings. The second-order valence-electron chi connectivity index (χ2n) is 6.04. The molecule has 0 bridgehead atoms. The fourth-order valence-corrected chi connectivity index (χ4v) is 3.17. The van der Waals surface area contributed by atoms with Gasteiger partial charge in [-0.05, 0) is 37.1 Å². The molecule has 3 rings (SSSR count). The highest BCUT2D eigenvalue weighted by Gasteiger charge is 2.24. The first-order valence-corrected chi connectivity index (χ1v) is 8.06. The van der Waals surface area contributed by atoms with Crippen molar-refractivity contribution in [3.63, 3.8) is 0 Å². The monoisotopic (exact) mass is 337 g/mol. The first-order chi connectivity index (χ1) is 11.6. The van der Waals surface area contributed by atoms with Gasteiger partial charge in [0.2, 0.25) is 0 Å². The van der Waals surface area contributed by atoms with Crippen LogP contribution in [0, 0.1) is 0 Å². The van der Waals surface area contributed by atoms with Gasteiger partial charge in [-0.15, -0.1) is 0 Å². The van der Waals surface area contributed by atoms with Gasteiger partial charge in [0, 0.05) is 31.4 Å². The van der Waals surface area contributed by atoms with E-state index in [0.717, 1.165) is 31.8 Å². The molecule has 5 nitrogen and oxygen atoms in total. The number of nitrogens with one attached hydrogen (secondary N) is 1. The molecule has 7 heteroatoms. The van der Waals surface area contributed by atoms with Crippen molar-refractivity contribution < 1.29 is 18.6 Å². The maximum Gasteiger partial charge on any atom is 0.387 e. The number of piperidine rings is 1. The number of alkyl halides is 2. The Hall–Kier alpha value is -1.99. The summed E-state index contributed by atoms with van der Waals surface area (Å²) in [5, 5.41) is 10.4. The average Bonchev–Trinajstić information content (AvgIpc) is 3.10. The predicted molar refractivity (Wildman–Crippen MR) is 85.0 cm³/mol. The van der Waals surface area contributed by atoms with Gasteiger partial charge in [-0.2, -0.15) is 8.78 Å². The topological polar surface area (TPSA) is 61.4 Å². The van der Waals surface area contributed by atoms with E-state index in [2.05, 4.69) is 19.6 Å². The Balaban J connectivity index is 1.56. The minimum atomic E-state index is -2.84. The second kappa shape index (κ2) is 7.72. The smallest absolute Gasteiger partial charge is 0.387 e. The maximum atomic E-state index is 12.2. The van der Waals surface area contributed by atoms with Crippen molar-refractivity contribution in [2.24, 2.45) is 0 Å². The Morgan fingerprint density at radius 3 is 2.79 bits per heavy atom. The molecular weight excluding hydrogens is 316 g/mol. The number of aliphatic hydroxyl groups is 1. The van der Waals surface area contributed by atoms with E-state index in [-0.39, 0.29) is 5.75 Å². The molecule has 0 saturated carbocycles. The predicted octanol–water partition coefficient (Wildman–Crippen LogP) is 2.92. The van der Waals surface area contributed by atoms with E-state index >= 15 is 0 Å². The fraction of sp³-hybridized carbons (Fsp3) is 0.471. The van der Waals surface area contributed by atoms with E-state index in [4.69, 9.17) is 0 Å². The molecular formula is C17H21F2N3O2. The quantitative estimate of drug-likeness (QED) is 0.851. The first-order valence-electron chi connectivity index (χ1n) is 8.06. The minimum Gasteiger partial charge on any atom is -0.435 e. The molecule has 0 radical (unpaired) electrons. The number of β-amino-alcohol motifs (C(OH)–C–C–N with tert-alkyl or cyclic N) is 1. The molecule has 1 aromatic carbocycles. The summed E-state index contributed by atoms with van der Waals surface area (Å²) in [6.07, 6.45) is 5.05. The van der Waals surface area contributed by atoms with Crippen LogP contribution < -0.4 is 4.74 Å². The van der Waals surface area contributed by atoms with Crippen LogP contribution in [0.1, 0.15) is 36.3 Å². The summed E-state index contributed by atoms with van der Waals surface area (Å²) >= 11 is 0. The zero-order valence-corrected chi connectivity index (χ0v) is 13.2. The maximum absolute atomic E-state index is 12.2. The van der Waals surface area contributed by atoms with Crippen molar-refractivity contribution in [3.05, 3.63) is 48.0 Å². The molecule has 24 heavy (non-hydrogen) atoms. The standard InChI is InChI=1S/C17H21F2N3O2/c18-17(19)24-14-5-3-12(4-6-14)15(23)11-22-9-1-2-13(10-22)16-20-7-8-21-16/h3-8,13,15,17,23H,1-2,9-11H2,(H,20,21). The lowest BCUT2D eigenvalue weighted by molar-refractivity contribution is -0.0498. The number of halogens is 2. The number of imidazole rings is 1. The Bertz CT molecular complexity index is 619. The first kappa shape index (κ1) is 16.9. The van der Waals surface area contributed by atoms with Crippen LogP contribution in [0.25, 0.3) is 0 Å². The molecule has 1 aliphatic rings. The summed E-state index contributed by atoms with van der Waals surface area (Å²) in [4.78, 5) is 9.70. The molecule has 2 unspecified atom stereocenters. The average molecular weight is 337 g/mol.